The number of nitrogens with one attached hydrogen (secondary N) is 1. The van der Waals surface area contributed by atoms with Gasteiger partial charge in [0.05, 0.1) is 14.2 Å². The van der Waals surface area contributed by atoms with Crippen molar-refractivity contribution >= 4 is 35.1 Å². The molecule has 0 saturated heterocycles. The zero-order chi connectivity index (χ0) is 20.7. The van der Waals surface area contributed by atoms with E-state index in [2.05, 4.69) is 5.32 Å². The maximum absolute atomic E-state index is 12.1. The molecular weight excluding hydrogens is 409 g/mol. The molecule has 0 aliphatic heterocycles. The van der Waals surface area contributed by atoms with E-state index in [9.17, 15) is 14.7 Å². The van der Waals surface area contributed by atoms with Crippen LogP contribution in [-0.4, -0.2) is 43.9 Å². The number of carbonyl (C=O) groups excluding carboxylic acids is 1. The molecular formula is C19H19Cl2NO6. The minimum atomic E-state index is -1.17. The molecule has 7 nitrogen and oxygen atoms in total. The first-order valence-electron chi connectivity index (χ1n) is 8.14. The highest BCUT2D eigenvalue weighted by Gasteiger charge is 2.21. The molecule has 28 heavy (non-hydrogen) atoms. The fraction of sp³-hybridized carbons (Fsp3) is 0.263. The summed E-state index contributed by atoms with van der Waals surface area (Å²) in [5.74, 6) is -0.468. The molecule has 0 bridgehead atoms. The fourth-order valence-corrected chi connectivity index (χ4v) is 2.95. The molecule has 0 heterocycles. The summed E-state index contributed by atoms with van der Waals surface area (Å²) >= 11 is 11.7. The van der Waals surface area contributed by atoms with Crippen molar-refractivity contribution in [1.29, 1.82) is 0 Å². The highest BCUT2D eigenvalue weighted by Crippen LogP contribution is 2.28. The van der Waals surface area contributed by atoms with Gasteiger partial charge in [-0.25, -0.2) is 4.79 Å². The topological polar surface area (TPSA) is 94.1 Å². The van der Waals surface area contributed by atoms with E-state index in [1.807, 2.05) is 0 Å². The lowest BCUT2D eigenvalue weighted by Gasteiger charge is -2.16. The summed E-state index contributed by atoms with van der Waals surface area (Å²) in [6.45, 7) is -0.383. The van der Waals surface area contributed by atoms with Gasteiger partial charge in [-0.2, -0.15) is 0 Å². The van der Waals surface area contributed by atoms with E-state index in [1.165, 1.54) is 32.4 Å². The molecule has 2 aromatic carbocycles. The maximum atomic E-state index is 12.1. The van der Waals surface area contributed by atoms with Crippen LogP contribution in [0.5, 0.6) is 17.2 Å². The van der Waals surface area contributed by atoms with E-state index < -0.39 is 17.9 Å². The Morgan fingerprint density at radius 2 is 1.68 bits per heavy atom. The minimum Gasteiger partial charge on any atom is -0.493 e. The van der Waals surface area contributed by atoms with Crippen LogP contribution >= 0.6 is 23.2 Å². The zero-order valence-corrected chi connectivity index (χ0v) is 16.7. The van der Waals surface area contributed by atoms with Crippen molar-refractivity contribution < 1.29 is 28.9 Å². The van der Waals surface area contributed by atoms with Gasteiger partial charge in [0.2, 0.25) is 0 Å². The van der Waals surface area contributed by atoms with E-state index in [-0.39, 0.29) is 13.0 Å². The molecule has 0 radical (unpaired) electrons. The zero-order valence-electron chi connectivity index (χ0n) is 15.2. The molecule has 0 fully saturated rings. The van der Waals surface area contributed by atoms with Crippen LogP contribution in [0.15, 0.2) is 36.4 Å². The minimum absolute atomic E-state index is 0.0599. The van der Waals surface area contributed by atoms with E-state index in [1.54, 1.807) is 18.2 Å². The quantitative estimate of drug-likeness (QED) is 0.637. The lowest BCUT2D eigenvalue weighted by molar-refractivity contribution is -0.142. The van der Waals surface area contributed by atoms with Gasteiger partial charge in [0.25, 0.3) is 5.91 Å². The Hall–Kier alpha value is -2.64. The van der Waals surface area contributed by atoms with E-state index in [4.69, 9.17) is 37.4 Å². The Morgan fingerprint density at radius 3 is 2.25 bits per heavy atom. The Morgan fingerprint density at radius 1 is 1.04 bits per heavy atom. The van der Waals surface area contributed by atoms with Crippen molar-refractivity contribution in [3.8, 4) is 17.2 Å². The summed E-state index contributed by atoms with van der Waals surface area (Å²) in [5.41, 5.74) is 0.660. The van der Waals surface area contributed by atoms with Gasteiger partial charge in [-0.05, 0) is 35.9 Å². The second-order valence-corrected chi connectivity index (χ2v) is 6.62. The number of halogens is 2. The third-order valence-corrected chi connectivity index (χ3v) is 4.16. The molecule has 0 saturated carbocycles. The van der Waals surface area contributed by atoms with Crippen LogP contribution in [0, 0.1) is 0 Å². The molecule has 0 aliphatic rings. The predicted molar refractivity (Wildman–Crippen MR) is 105 cm³/mol. The van der Waals surface area contributed by atoms with Crippen LogP contribution in [0.2, 0.25) is 10.0 Å². The summed E-state index contributed by atoms with van der Waals surface area (Å²) in [5, 5.41) is 12.6. The summed E-state index contributed by atoms with van der Waals surface area (Å²) in [6, 6.07) is 8.41. The molecule has 0 aromatic heterocycles. The van der Waals surface area contributed by atoms with Crippen LogP contribution in [0.3, 0.4) is 0 Å². The second kappa shape index (κ2) is 10.1. The van der Waals surface area contributed by atoms with Crippen molar-refractivity contribution in [1.82, 2.24) is 5.32 Å². The van der Waals surface area contributed by atoms with E-state index in [0.29, 0.717) is 32.9 Å². The number of carboxylic acid groups (broad SMARTS) is 1. The van der Waals surface area contributed by atoms with Crippen LogP contribution in [0.1, 0.15) is 5.56 Å². The highest BCUT2D eigenvalue weighted by atomic mass is 35.5. The Labute approximate surface area is 172 Å². The third kappa shape index (κ3) is 6.21. The number of carbonyl (C=O) groups is 2. The number of benzene rings is 2. The summed E-state index contributed by atoms with van der Waals surface area (Å²) in [6.07, 6.45) is 0.0599. The normalized spacial score (nSPS) is 11.4. The van der Waals surface area contributed by atoms with Gasteiger partial charge in [0.15, 0.2) is 18.1 Å². The van der Waals surface area contributed by atoms with Crippen molar-refractivity contribution in [3.05, 3.63) is 52.0 Å². The van der Waals surface area contributed by atoms with Crippen LogP contribution in [0.25, 0.3) is 0 Å². The number of amides is 1. The average Bonchev–Trinajstić information content (AvgIpc) is 2.64. The van der Waals surface area contributed by atoms with E-state index in [0.717, 1.165) is 0 Å². The highest BCUT2D eigenvalue weighted by molar-refractivity contribution is 6.34. The Kier molecular flexibility index (Phi) is 7.78. The van der Waals surface area contributed by atoms with E-state index >= 15 is 0 Å². The molecule has 1 unspecified atom stereocenters. The second-order valence-electron chi connectivity index (χ2n) is 5.75. The first kappa shape index (κ1) is 21.7. The van der Waals surface area contributed by atoms with Crippen LogP contribution in [-0.2, 0) is 16.0 Å². The number of ether oxygens (including phenoxy) is 3. The lowest BCUT2D eigenvalue weighted by Crippen LogP contribution is -2.44. The number of aliphatic carboxylic acids is 1. The largest absolute Gasteiger partial charge is 0.493 e. The van der Waals surface area contributed by atoms with Gasteiger partial charge in [0, 0.05) is 16.5 Å². The molecule has 1 amide bonds. The number of hydrogen-bond acceptors (Lipinski definition) is 5. The molecule has 1 atom stereocenters. The van der Waals surface area contributed by atoms with Gasteiger partial charge in [0.1, 0.15) is 11.8 Å². The van der Waals surface area contributed by atoms with Gasteiger partial charge < -0.3 is 24.6 Å². The SMILES string of the molecule is COc1ccc(CC(NC(=O)COc2cc(Cl)cc(Cl)c2)C(=O)O)cc1OC. The standard InChI is InChI=1S/C19H19Cl2NO6/c1-26-16-4-3-11(6-17(16)27-2)5-15(19(24)25)22-18(23)10-28-14-8-12(20)7-13(21)9-14/h3-4,6-9,15H,5,10H2,1-2H3,(H,22,23)(H,24,25). The molecule has 2 rings (SSSR count). The smallest absolute Gasteiger partial charge is 0.326 e. The summed E-state index contributed by atoms with van der Waals surface area (Å²) in [4.78, 5) is 23.6. The molecule has 2 N–H and O–H groups in total. The molecule has 2 aromatic rings. The monoisotopic (exact) mass is 427 g/mol. The number of rotatable bonds is 9. The predicted octanol–water partition coefficient (Wildman–Crippen LogP) is 3.20. The number of methoxy groups -OCH3 is 2. The van der Waals surface area contributed by atoms with Gasteiger partial charge in [-0.1, -0.05) is 29.3 Å². The summed E-state index contributed by atoms with van der Waals surface area (Å²) < 4.78 is 15.7. The molecule has 150 valence electrons. The number of carboxylic acids is 1. The fourth-order valence-electron chi connectivity index (χ4n) is 2.44. The van der Waals surface area contributed by atoms with Gasteiger partial charge in [-0.3, -0.25) is 4.79 Å². The molecule has 0 spiro atoms. The first-order chi connectivity index (χ1) is 13.3. The van der Waals surface area contributed by atoms with Gasteiger partial charge in [-0.15, -0.1) is 0 Å². The Balaban J connectivity index is 2.00. The van der Waals surface area contributed by atoms with Crippen molar-refractivity contribution in [2.45, 2.75) is 12.5 Å². The third-order valence-electron chi connectivity index (χ3n) is 3.73. The van der Waals surface area contributed by atoms with Crippen LogP contribution in [0.4, 0.5) is 0 Å². The van der Waals surface area contributed by atoms with Crippen LogP contribution < -0.4 is 19.5 Å². The molecule has 9 heteroatoms. The number of hydrogen-bond donors (Lipinski definition) is 2. The van der Waals surface area contributed by atoms with Crippen molar-refractivity contribution in [2.24, 2.45) is 0 Å². The average molecular weight is 428 g/mol. The molecule has 0 aliphatic carbocycles. The summed E-state index contributed by atoms with van der Waals surface area (Å²) in [7, 11) is 2.99. The first-order valence-corrected chi connectivity index (χ1v) is 8.90. The van der Waals surface area contributed by atoms with Crippen molar-refractivity contribution in [3.63, 3.8) is 0 Å². The van der Waals surface area contributed by atoms with Crippen molar-refractivity contribution in [2.75, 3.05) is 20.8 Å². The Bertz CT molecular complexity index is 838. The lowest BCUT2D eigenvalue weighted by atomic mass is 10.1. The van der Waals surface area contributed by atoms with Gasteiger partial charge >= 0.3 is 5.97 Å². The maximum Gasteiger partial charge on any atom is 0.326 e.